The molecule has 168 valence electrons. The summed E-state index contributed by atoms with van der Waals surface area (Å²) in [5, 5.41) is 0.420. The third-order valence-corrected chi connectivity index (χ3v) is 5.56. The van der Waals surface area contributed by atoms with Crippen LogP contribution in [0.25, 0.3) is 33.6 Å². The highest BCUT2D eigenvalue weighted by atomic mass is 16.5. The fourth-order valence-electron chi connectivity index (χ4n) is 3.89. The number of rotatable bonds is 5. The molecule has 0 spiro atoms. The van der Waals surface area contributed by atoms with E-state index in [1.807, 2.05) is 60.7 Å². The molecule has 6 nitrogen and oxygen atoms in total. The van der Waals surface area contributed by atoms with Crippen molar-refractivity contribution in [2.75, 3.05) is 0 Å². The maximum Gasteiger partial charge on any atom is 0.317 e. The van der Waals surface area contributed by atoms with Gasteiger partial charge in [0.2, 0.25) is 11.3 Å². The van der Waals surface area contributed by atoms with Crippen LogP contribution in [0, 0.1) is 13.8 Å². The molecule has 0 bridgehead atoms. The fraction of sp³-hybridized carbons (Fsp3) is 0.107. The lowest BCUT2D eigenvalue weighted by molar-refractivity contribution is -0.133. The highest BCUT2D eigenvalue weighted by molar-refractivity contribution is 5.84. The molecule has 0 unspecified atom stereocenters. The molecule has 2 aromatic heterocycles. The topological polar surface area (TPSA) is 82.5 Å². The van der Waals surface area contributed by atoms with Gasteiger partial charge in [0, 0.05) is 11.6 Å². The second kappa shape index (κ2) is 8.83. The minimum Gasteiger partial charge on any atom is -0.460 e. The molecule has 0 amide bonds. The number of esters is 1. The molecule has 5 aromatic rings. The number of ether oxygens (including phenoxy) is 1. The molecule has 0 atom stereocenters. The first kappa shape index (κ1) is 21.4. The normalized spacial score (nSPS) is 11.0. The Balaban J connectivity index is 1.38. The molecule has 0 aliphatic heterocycles. The van der Waals surface area contributed by atoms with Crippen LogP contribution >= 0.6 is 0 Å². The maximum atomic E-state index is 13.1. The SMILES string of the molecule is Cc1oc(-c2ccccc2)nc1CC(=O)Oc1ccc2c(=O)c(-c3ccccc3)c(C)oc2c1. The summed E-state index contributed by atoms with van der Waals surface area (Å²) in [6.07, 6.45) is -0.0455. The largest absolute Gasteiger partial charge is 0.460 e. The van der Waals surface area contributed by atoms with Crippen molar-refractivity contribution in [3.05, 3.63) is 106 Å². The van der Waals surface area contributed by atoms with Crippen molar-refractivity contribution in [1.82, 2.24) is 4.98 Å². The van der Waals surface area contributed by atoms with Crippen LogP contribution in [0.1, 0.15) is 17.2 Å². The van der Waals surface area contributed by atoms with Crippen molar-refractivity contribution in [1.29, 1.82) is 0 Å². The van der Waals surface area contributed by atoms with Gasteiger partial charge in [-0.15, -0.1) is 0 Å². The van der Waals surface area contributed by atoms with E-state index < -0.39 is 5.97 Å². The van der Waals surface area contributed by atoms with Gasteiger partial charge in [-0.25, -0.2) is 4.98 Å². The van der Waals surface area contributed by atoms with E-state index >= 15 is 0 Å². The summed E-state index contributed by atoms with van der Waals surface area (Å²) in [6.45, 7) is 3.51. The maximum absolute atomic E-state index is 13.1. The van der Waals surface area contributed by atoms with Crippen LogP contribution in [0.4, 0.5) is 0 Å². The van der Waals surface area contributed by atoms with Crippen molar-refractivity contribution in [2.45, 2.75) is 20.3 Å². The van der Waals surface area contributed by atoms with Gasteiger partial charge in [0.25, 0.3) is 0 Å². The summed E-state index contributed by atoms with van der Waals surface area (Å²) in [4.78, 5) is 30.1. The van der Waals surface area contributed by atoms with E-state index in [9.17, 15) is 9.59 Å². The Bertz CT molecular complexity index is 1550. The van der Waals surface area contributed by atoms with Gasteiger partial charge in [0.05, 0.1) is 23.1 Å². The summed E-state index contributed by atoms with van der Waals surface area (Å²) in [5.74, 6) is 1.31. The number of fused-ring (bicyclic) bond motifs is 1. The first-order valence-electron chi connectivity index (χ1n) is 10.8. The predicted molar refractivity (Wildman–Crippen MR) is 129 cm³/mol. The Labute approximate surface area is 195 Å². The Kier molecular flexibility index (Phi) is 5.55. The third kappa shape index (κ3) is 4.13. The second-order valence-electron chi connectivity index (χ2n) is 7.93. The zero-order valence-corrected chi connectivity index (χ0v) is 18.7. The third-order valence-electron chi connectivity index (χ3n) is 5.56. The van der Waals surface area contributed by atoms with Crippen molar-refractivity contribution in [3.8, 4) is 28.3 Å². The number of oxazole rings is 1. The Hall–Kier alpha value is -4.45. The van der Waals surface area contributed by atoms with Gasteiger partial charge >= 0.3 is 5.97 Å². The summed E-state index contributed by atoms with van der Waals surface area (Å²) in [7, 11) is 0. The number of aromatic nitrogens is 1. The van der Waals surface area contributed by atoms with Crippen LogP contribution in [-0.2, 0) is 11.2 Å². The van der Waals surface area contributed by atoms with Gasteiger partial charge in [-0.3, -0.25) is 9.59 Å². The van der Waals surface area contributed by atoms with Crippen LogP contribution in [-0.4, -0.2) is 11.0 Å². The zero-order chi connectivity index (χ0) is 23.7. The van der Waals surface area contributed by atoms with Crippen LogP contribution in [0.2, 0.25) is 0 Å². The number of carbonyl (C=O) groups excluding carboxylic acids is 1. The first-order chi connectivity index (χ1) is 16.5. The summed E-state index contributed by atoms with van der Waals surface area (Å²) in [5.41, 5.74) is 2.89. The monoisotopic (exact) mass is 451 g/mol. The Morgan fingerprint density at radius 3 is 2.24 bits per heavy atom. The number of hydrogen-bond acceptors (Lipinski definition) is 6. The quantitative estimate of drug-likeness (QED) is 0.245. The molecule has 0 aliphatic rings. The van der Waals surface area contributed by atoms with E-state index in [0.717, 1.165) is 11.1 Å². The second-order valence-corrected chi connectivity index (χ2v) is 7.93. The molecule has 0 N–H and O–H groups in total. The fourth-order valence-corrected chi connectivity index (χ4v) is 3.89. The Morgan fingerprint density at radius 1 is 0.853 bits per heavy atom. The van der Waals surface area contributed by atoms with Gasteiger partial charge in [-0.1, -0.05) is 48.5 Å². The molecular weight excluding hydrogens is 430 g/mol. The molecule has 3 aromatic carbocycles. The van der Waals surface area contributed by atoms with Crippen LogP contribution in [0.5, 0.6) is 5.75 Å². The number of carbonyl (C=O) groups is 1. The lowest BCUT2D eigenvalue weighted by atomic mass is 10.0. The van der Waals surface area contributed by atoms with E-state index in [1.54, 1.807) is 32.0 Å². The van der Waals surface area contributed by atoms with Crippen molar-refractivity contribution in [3.63, 3.8) is 0 Å². The molecule has 0 saturated carbocycles. The van der Waals surface area contributed by atoms with Crippen LogP contribution in [0.15, 0.2) is 92.5 Å². The minimum atomic E-state index is -0.490. The Morgan fingerprint density at radius 2 is 1.53 bits per heavy atom. The first-order valence-corrected chi connectivity index (χ1v) is 10.8. The molecule has 34 heavy (non-hydrogen) atoms. The molecule has 6 heteroatoms. The molecule has 5 rings (SSSR count). The zero-order valence-electron chi connectivity index (χ0n) is 18.7. The van der Waals surface area contributed by atoms with Gasteiger partial charge in [-0.05, 0) is 43.7 Å². The van der Waals surface area contributed by atoms with E-state index in [-0.39, 0.29) is 17.6 Å². The van der Waals surface area contributed by atoms with E-state index in [4.69, 9.17) is 13.6 Å². The molecule has 0 radical (unpaired) electrons. The predicted octanol–water partition coefficient (Wildman–Crippen LogP) is 5.88. The van der Waals surface area contributed by atoms with Crippen molar-refractivity contribution < 1.29 is 18.4 Å². The highest BCUT2D eigenvalue weighted by Crippen LogP contribution is 2.27. The summed E-state index contributed by atoms with van der Waals surface area (Å²) >= 11 is 0. The van der Waals surface area contributed by atoms with Gasteiger partial charge in [0.1, 0.15) is 22.9 Å². The standard InChI is InChI=1S/C28H21NO5/c1-17-23(29-28(33-17)20-11-7-4-8-12-20)16-25(30)34-21-13-14-22-24(15-21)32-18(2)26(27(22)31)19-9-5-3-6-10-19/h3-15H,16H2,1-2H3. The average Bonchev–Trinajstić information content (AvgIpc) is 3.20. The average molecular weight is 451 g/mol. The van der Waals surface area contributed by atoms with Crippen molar-refractivity contribution >= 4 is 16.9 Å². The smallest absolute Gasteiger partial charge is 0.317 e. The van der Waals surface area contributed by atoms with E-state index in [0.29, 0.717) is 39.6 Å². The molecular formula is C28H21NO5. The van der Waals surface area contributed by atoms with Crippen LogP contribution in [0.3, 0.4) is 0 Å². The van der Waals surface area contributed by atoms with Gasteiger partial charge in [0.15, 0.2) is 0 Å². The lowest BCUT2D eigenvalue weighted by Crippen LogP contribution is -2.12. The number of nitrogens with zero attached hydrogens (tertiary/aromatic N) is 1. The summed E-state index contributed by atoms with van der Waals surface area (Å²) in [6, 6.07) is 23.6. The van der Waals surface area contributed by atoms with E-state index in [1.165, 1.54) is 0 Å². The van der Waals surface area contributed by atoms with Gasteiger partial charge in [-0.2, -0.15) is 0 Å². The number of hydrogen-bond donors (Lipinski definition) is 0. The van der Waals surface area contributed by atoms with Gasteiger partial charge < -0.3 is 13.6 Å². The van der Waals surface area contributed by atoms with Crippen molar-refractivity contribution in [2.24, 2.45) is 0 Å². The molecule has 0 saturated heterocycles. The van der Waals surface area contributed by atoms with Crippen LogP contribution < -0.4 is 10.2 Å². The lowest BCUT2D eigenvalue weighted by Gasteiger charge is -2.08. The molecule has 0 fully saturated rings. The number of aryl methyl sites for hydroxylation is 2. The highest BCUT2D eigenvalue weighted by Gasteiger charge is 2.18. The molecule has 2 heterocycles. The summed E-state index contributed by atoms with van der Waals surface area (Å²) < 4.78 is 17.1. The number of benzene rings is 3. The molecule has 0 aliphatic carbocycles. The minimum absolute atomic E-state index is 0.0455. The van der Waals surface area contributed by atoms with E-state index in [2.05, 4.69) is 4.98 Å².